The topological polar surface area (TPSA) is 85.7 Å². The van der Waals surface area contributed by atoms with Crippen molar-refractivity contribution in [3.05, 3.63) is 83.3 Å². The molecule has 5 rings (SSSR count). The lowest BCUT2D eigenvalue weighted by Gasteiger charge is -2.20. The van der Waals surface area contributed by atoms with Crippen LogP contribution in [0.1, 0.15) is 18.4 Å². The van der Waals surface area contributed by atoms with E-state index in [0.717, 1.165) is 23.1 Å². The van der Waals surface area contributed by atoms with Crippen LogP contribution in [-0.4, -0.2) is 52.5 Å². The zero-order chi connectivity index (χ0) is 25.3. The average molecular weight is 498 g/mol. The normalized spacial score (nSPS) is 23.4. The van der Waals surface area contributed by atoms with Crippen molar-refractivity contribution in [2.45, 2.75) is 31.3 Å². The molecule has 1 fully saturated rings. The van der Waals surface area contributed by atoms with E-state index in [9.17, 15) is 22.8 Å². The number of hydrogen-bond donors (Lipinski definition) is 3. The van der Waals surface area contributed by atoms with Gasteiger partial charge in [0.1, 0.15) is 5.75 Å². The summed E-state index contributed by atoms with van der Waals surface area (Å²) < 4.78 is 42.2. The van der Waals surface area contributed by atoms with Crippen LogP contribution in [0.2, 0.25) is 0 Å². The number of alkyl halides is 3. The molecule has 1 saturated heterocycles. The first-order chi connectivity index (χ1) is 17.2. The van der Waals surface area contributed by atoms with E-state index in [-0.39, 0.29) is 29.6 Å². The summed E-state index contributed by atoms with van der Waals surface area (Å²) in [7, 11) is 0. The van der Waals surface area contributed by atoms with Gasteiger partial charge in [0.15, 0.2) is 12.4 Å². The van der Waals surface area contributed by atoms with E-state index in [1.165, 1.54) is 41.3 Å². The minimum Gasteiger partial charge on any atom is -0.406 e. The maximum Gasteiger partial charge on any atom is 0.573 e. The van der Waals surface area contributed by atoms with Gasteiger partial charge in [0.25, 0.3) is 5.91 Å². The molecule has 0 bridgehead atoms. The van der Waals surface area contributed by atoms with Gasteiger partial charge in [0.2, 0.25) is 0 Å². The Morgan fingerprint density at radius 1 is 1.17 bits per heavy atom. The van der Waals surface area contributed by atoms with Gasteiger partial charge >= 0.3 is 12.3 Å². The third-order valence-corrected chi connectivity index (χ3v) is 6.22. The van der Waals surface area contributed by atoms with Gasteiger partial charge in [-0.15, -0.1) is 17.7 Å². The maximum absolute atomic E-state index is 13.0. The summed E-state index contributed by atoms with van der Waals surface area (Å²) in [5, 5.41) is 0. The van der Waals surface area contributed by atoms with Crippen molar-refractivity contribution in [1.29, 1.82) is 0 Å². The van der Waals surface area contributed by atoms with Crippen molar-refractivity contribution in [3.8, 4) is 5.75 Å². The van der Waals surface area contributed by atoms with E-state index >= 15 is 0 Å². The van der Waals surface area contributed by atoms with Crippen molar-refractivity contribution < 1.29 is 32.1 Å². The van der Waals surface area contributed by atoms with E-state index in [4.69, 9.17) is 0 Å². The highest BCUT2D eigenvalue weighted by Gasteiger charge is 2.34. The molecule has 3 N–H and O–H groups in total. The number of amides is 2. The molecule has 3 heterocycles. The first-order valence-electron chi connectivity index (χ1n) is 11.3. The number of allylic oxidation sites excluding steroid dienone is 2. The van der Waals surface area contributed by atoms with Crippen LogP contribution in [0, 0.1) is 0 Å². The number of hydrazine groups is 2. The number of nitrogens with one attached hydrogen (secondary N) is 3. The molecule has 3 aliphatic heterocycles. The van der Waals surface area contributed by atoms with Crippen LogP contribution >= 0.6 is 0 Å². The molecule has 1 aliphatic carbocycles. The second kappa shape index (κ2) is 9.69. The fourth-order valence-electron chi connectivity index (χ4n) is 4.34. The minimum atomic E-state index is -4.75. The Hall–Kier alpha value is -3.80. The van der Waals surface area contributed by atoms with Gasteiger partial charge in [-0.25, -0.2) is 15.6 Å². The summed E-state index contributed by atoms with van der Waals surface area (Å²) in [6.45, 7) is 0.341. The van der Waals surface area contributed by atoms with E-state index in [1.54, 1.807) is 29.3 Å². The molecule has 186 valence electrons. The second-order valence-electron chi connectivity index (χ2n) is 8.65. The number of hydrogen-bond acceptors (Lipinski definition) is 6. The Balaban J connectivity index is 1.21. The number of rotatable bonds is 4. The fourth-order valence-corrected chi connectivity index (χ4v) is 4.34. The van der Waals surface area contributed by atoms with Crippen molar-refractivity contribution in [2.24, 2.45) is 0 Å². The second-order valence-corrected chi connectivity index (χ2v) is 8.65. The molecule has 11 heteroatoms. The number of ether oxygens (including phenoxy) is 1. The number of benzene rings is 1. The van der Waals surface area contributed by atoms with Crippen LogP contribution in [0.25, 0.3) is 6.08 Å². The van der Waals surface area contributed by atoms with Crippen LogP contribution in [0.3, 0.4) is 0 Å². The number of carbonyl (C=O) groups excluding carboxylic acids is 2. The van der Waals surface area contributed by atoms with Crippen molar-refractivity contribution >= 4 is 24.1 Å². The lowest BCUT2D eigenvalue weighted by molar-refractivity contribution is -0.371. The smallest absolute Gasteiger partial charge is 0.406 e. The number of carbonyl (C=O) groups is 2. The Morgan fingerprint density at radius 3 is 2.75 bits per heavy atom. The van der Waals surface area contributed by atoms with E-state index < -0.39 is 6.36 Å². The third-order valence-electron chi connectivity index (χ3n) is 6.22. The first-order valence-corrected chi connectivity index (χ1v) is 11.3. The molecule has 0 spiro atoms. The largest absolute Gasteiger partial charge is 0.573 e. The van der Waals surface area contributed by atoms with Gasteiger partial charge in [-0.2, -0.15) is 5.53 Å². The summed E-state index contributed by atoms with van der Waals surface area (Å²) in [4.78, 5) is 27.2. The summed E-state index contributed by atoms with van der Waals surface area (Å²) >= 11 is 0. The van der Waals surface area contributed by atoms with Crippen molar-refractivity contribution in [2.75, 3.05) is 6.54 Å². The maximum atomic E-state index is 13.0. The highest BCUT2D eigenvalue weighted by molar-refractivity contribution is 5.94. The molecule has 0 radical (unpaired) electrons. The lowest BCUT2D eigenvalue weighted by Crippen LogP contribution is -2.36. The van der Waals surface area contributed by atoms with Gasteiger partial charge in [0, 0.05) is 36.0 Å². The van der Waals surface area contributed by atoms with Crippen LogP contribution in [0.5, 0.6) is 5.75 Å². The van der Waals surface area contributed by atoms with Gasteiger partial charge in [0.05, 0.1) is 18.2 Å². The zero-order valence-corrected chi connectivity index (χ0v) is 19.0. The zero-order valence-electron chi connectivity index (χ0n) is 19.0. The van der Waals surface area contributed by atoms with Crippen LogP contribution < -0.4 is 21.1 Å². The third kappa shape index (κ3) is 5.38. The van der Waals surface area contributed by atoms with Gasteiger partial charge in [-0.1, -0.05) is 18.2 Å². The summed E-state index contributed by atoms with van der Waals surface area (Å²) in [6.07, 6.45) is 10.3. The number of nitrogens with zero attached hydrogens (tertiary/aromatic N) is 2. The number of fused-ring (bicyclic) bond motifs is 2. The Bertz CT molecular complexity index is 1260. The van der Waals surface area contributed by atoms with Crippen LogP contribution in [0.4, 0.5) is 13.2 Å². The highest BCUT2D eigenvalue weighted by Crippen LogP contribution is 2.26. The molecule has 2 atom stereocenters. The Labute approximate surface area is 204 Å². The van der Waals surface area contributed by atoms with Crippen LogP contribution in [0.15, 0.2) is 77.7 Å². The summed E-state index contributed by atoms with van der Waals surface area (Å²) in [5.41, 5.74) is 12.1. The average Bonchev–Trinajstić information content (AvgIpc) is 3.44. The minimum absolute atomic E-state index is 0.0629. The highest BCUT2D eigenvalue weighted by atomic mass is 19.4. The SMILES string of the molecule is O=C(/C=C/c1ccc(OC(F)(F)F)cc1)N1C=C2C=C[N+](C(=O)C3=C[C@H]4NNNC4CC3)=CC=C2C1. The van der Waals surface area contributed by atoms with E-state index in [2.05, 4.69) is 21.1 Å². The van der Waals surface area contributed by atoms with Gasteiger partial charge in [-0.05, 0) is 42.2 Å². The van der Waals surface area contributed by atoms with Crippen molar-refractivity contribution in [3.63, 3.8) is 0 Å². The molecule has 1 aromatic carbocycles. The molecular weight excluding hydrogens is 475 g/mol. The monoisotopic (exact) mass is 498 g/mol. The lowest BCUT2D eigenvalue weighted by atomic mass is 9.92. The molecular formula is C25H23F3N5O3+. The fraction of sp³-hybridized carbons (Fsp3) is 0.240. The quantitative estimate of drug-likeness (QED) is 0.437. The van der Waals surface area contributed by atoms with E-state index in [0.29, 0.717) is 18.5 Å². The van der Waals surface area contributed by atoms with Crippen molar-refractivity contribution in [1.82, 2.24) is 21.3 Å². The standard InChI is InChI=1S/C25H23F3N5O3/c26-25(27,28)36-20-5-1-16(2-6-20)3-8-23(34)33-14-18-9-11-32(12-10-19(18)15-33)24(35)17-4-7-21-22(13-17)30-31-29-21/h1-3,5-6,8-14,21-22,29-31H,4,7,15H2/q+1/b8-3+/t21?,22-/m1/s1. The van der Waals surface area contributed by atoms with Gasteiger partial charge in [-0.3, -0.25) is 4.79 Å². The predicted molar refractivity (Wildman–Crippen MR) is 125 cm³/mol. The Morgan fingerprint density at radius 2 is 1.97 bits per heavy atom. The summed E-state index contributed by atoms with van der Waals surface area (Å²) in [5.74, 6) is -0.689. The van der Waals surface area contributed by atoms with Crippen LogP contribution in [-0.2, 0) is 9.59 Å². The molecule has 1 aromatic rings. The number of halogens is 3. The first kappa shape index (κ1) is 23.9. The molecule has 1 unspecified atom stereocenters. The van der Waals surface area contributed by atoms with Gasteiger partial charge < -0.3 is 9.64 Å². The Kier molecular flexibility index (Phi) is 6.44. The molecule has 8 nitrogen and oxygen atoms in total. The molecule has 0 saturated carbocycles. The molecule has 0 aromatic heterocycles. The predicted octanol–water partition coefficient (Wildman–Crippen LogP) is 2.46. The molecule has 4 aliphatic rings. The van der Waals surface area contributed by atoms with E-state index in [1.807, 2.05) is 12.2 Å². The molecule has 36 heavy (non-hydrogen) atoms. The molecule has 2 amide bonds. The summed E-state index contributed by atoms with van der Waals surface area (Å²) in [6, 6.07) is 5.56.